The largest absolute Gasteiger partial charge is 0.381 e. The highest BCUT2D eigenvalue weighted by molar-refractivity contribution is 5.19. The van der Waals surface area contributed by atoms with Gasteiger partial charge in [-0.05, 0) is 36.8 Å². The zero-order valence-electron chi connectivity index (χ0n) is 11.1. The van der Waals surface area contributed by atoms with Gasteiger partial charge in [0.15, 0.2) is 0 Å². The highest BCUT2D eigenvalue weighted by Crippen LogP contribution is 2.17. The Kier molecular flexibility index (Phi) is 6.90. The first kappa shape index (κ1) is 14.2. The van der Waals surface area contributed by atoms with Crippen molar-refractivity contribution in [2.75, 3.05) is 19.8 Å². The lowest BCUT2D eigenvalue weighted by molar-refractivity contribution is 0.117. The van der Waals surface area contributed by atoms with E-state index in [-0.39, 0.29) is 0 Å². The molecule has 0 radical (unpaired) electrons. The molecule has 0 aliphatic carbocycles. The molecule has 0 saturated heterocycles. The summed E-state index contributed by atoms with van der Waals surface area (Å²) in [6, 6.07) is 10.5. The van der Waals surface area contributed by atoms with Crippen LogP contribution in [-0.2, 0) is 4.74 Å². The molecule has 0 amide bonds. The fraction of sp³-hybridized carbons (Fsp3) is 0.600. The number of nitrogens with two attached hydrogens (primary N) is 1. The highest BCUT2D eigenvalue weighted by atomic mass is 16.5. The van der Waals surface area contributed by atoms with E-state index < -0.39 is 0 Å². The molecule has 0 bridgehead atoms. The maximum absolute atomic E-state index is 5.81. The summed E-state index contributed by atoms with van der Waals surface area (Å²) in [5.41, 5.74) is 7.13. The van der Waals surface area contributed by atoms with Crippen LogP contribution in [0.15, 0.2) is 30.3 Å². The summed E-state index contributed by atoms with van der Waals surface area (Å²) < 4.78 is 5.64. The molecule has 1 aromatic carbocycles. The van der Waals surface area contributed by atoms with Crippen LogP contribution in [0.2, 0.25) is 0 Å². The minimum Gasteiger partial charge on any atom is -0.381 e. The summed E-state index contributed by atoms with van der Waals surface area (Å²) >= 11 is 0. The van der Waals surface area contributed by atoms with Crippen molar-refractivity contribution >= 4 is 0 Å². The van der Waals surface area contributed by atoms with E-state index >= 15 is 0 Å². The van der Waals surface area contributed by atoms with Crippen molar-refractivity contribution in [1.29, 1.82) is 0 Å². The van der Waals surface area contributed by atoms with Crippen molar-refractivity contribution in [2.24, 2.45) is 11.7 Å². The molecule has 2 heteroatoms. The second-order valence-electron chi connectivity index (χ2n) is 4.93. The molecule has 2 N–H and O–H groups in total. The average molecular weight is 235 g/mol. The molecule has 0 spiro atoms. The molecule has 0 fully saturated rings. The quantitative estimate of drug-likeness (QED) is 0.702. The standard InChI is InChI=1S/C15H25NO/c1-13(2)8-10-17-11-9-15(12-16)14-6-4-3-5-7-14/h3-7,13,15H,8-12,16H2,1-2H3. The van der Waals surface area contributed by atoms with Crippen LogP contribution in [0.5, 0.6) is 0 Å². The maximum Gasteiger partial charge on any atom is 0.0472 e. The summed E-state index contributed by atoms with van der Waals surface area (Å²) in [6.45, 7) is 6.80. The van der Waals surface area contributed by atoms with Gasteiger partial charge in [0.05, 0.1) is 0 Å². The normalized spacial score (nSPS) is 12.9. The number of ether oxygens (including phenoxy) is 1. The maximum atomic E-state index is 5.81. The summed E-state index contributed by atoms with van der Waals surface area (Å²) in [7, 11) is 0. The fourth-order valence-corrected chi connectivity index (χ4v) is 1.79. The third-order valence-corrected chi connectivity index (χ3v) is 3.01. The van der Waals surface area contributed by atoms with Gasteiger partial charge in [0, 0.05) is 13.2 Å². The van der Waals surface area contributed by atoms with Gasteiger partial charge >= 0.3 is 0 Å². The molecule has 1 aromatic rings. The van der Waals surface area contributed by atoms with Gasteiger partial charge in [-0.25, -0.2) is 0 Å². The monoisotopic (exact) mass is 235 g/mol. The molecule has 17 heavy (non-hydrogen) atoms. The van der Waals surface area contributed by atoms with Crippen molar-refractivity contribution in [3.63, 3.8) is 0 Å². The van der Waals surface area contributed by atoms with Crippen molar-refractivity contribution < 1.29 is 4.74 Å². The zero-order valence-corrected chi connectivity index (χ0v) is 11.1. The minimum absolute atomic E-state index is 0.426. The van der Waals surface area contributed by atoms with Crippen molar-refractivity contribution in [1.82, 2.24) is 0 Å². The van der Waals surface area contributed by atoms with E-state index in [1.807, 2.05) is 6.07 Å². The van der Waals surface area contributed by atoms with Gasteiger partial charge in [-0.2, -0.15) is 0 Å². The zero-order chi connectivity index (χ0) is 12.5. The van der Waals surface area contributed by atoms with E-state index in [9.17, 15) is 0 Å². The number of hydrogen-bond donors (Lipinski definition) is 1. The molecular formula is C15H25NO. The van der Waals surface area contributed by atoms with Crippen molar-refractivity contribution in [2.45, 2.75) is 32.6 Å². The second-order valence-corrected chi connectivity index (χ2v) is 4.93. The van der Waals surface area contributed by atoms with Crippen LogP contribution in [-0.4, -0.2) is 19.8 Å². The Bertz CT molecular complexity index is 284. The Morgan fingerprint density at radius 3 is 2.29 bits per heavy atom. The van der Waals surface area contributed by atoms with Gasteiger partial charge in [0.2, 0.25) is 0 Å². The first-order valence-corrected chi connectivity index (χ1v) is 6.56. The SMILES string of the molecule is CC(C)CCOCCC(CN)c1ccccc1. The Morgan fingerprint density at radius 1 is 1.06 bits per heavy atom. The van der Waals surface area contributed by atoms with Gasteiger partial charge in [-0.3, -0.25) is 0 Å². The van der Waals surface area contributed by atoms with E-state index in [0.717, 1.165) is 32.0 Å². The summed E-state index contributed by atoms with van der Waals surface area (Å²) in [4.78, 5) is 0. The van der Waals surface area contributed by atoms with Crippen LogP contribution in [0, 0.1) is 5.92 Å². The third kappa shape index (κ3) is 5.85. The van der Waals surface area contributed by atoms with E-state index in [4.69, 9.17) is 10.5 Å². The lowest BCUT2D eigenvalue weighted by Gasteiger charge is -2.15. The topological polar surface area (TPSA) is 35.2 Å². The van der Waals surface area contributed by atoms with E-state index in [0.29, 0.717) is 12.5 Å². The van der Waals surface area contributed by atoms with Gasteiger partial charge in [-0.1, -0.05) is 44.2 Å². The fourth-order valence-electron chi connectivity index (χ4n) is 1.79. The second kappa shape index (κ2) is 8.26. The summed E-state index contributed by atoms with van der Waals surface area (Å²) in [5.74, 6) is 1.14. The first-order valence-electron chi connectivity index (χ1n) is 6.56. The molecule has 1 atom stereocenters. The molecule has 0 aliphatic rings. The minimum atomic E-state index is 0.426. The van der Waals surface area contributed by atoms with Gasteiger partial charge < -0.3 is 10.5 Å². The molecule has 1 rings (SSSR count). The van der Waals surface area contributed by atoms with Crippen LogP contribution in [0.4, 0.5) is 0 Å². The Labute approximate surface area is 105 Å². The average Bonchev–Trinajstić information content (AvgIpc) is 2.34. The van der Waals surface area contributed by atoms with E-state index in [1.165, 1.54) is 5.56 Å². The molecule has 0 saturated carbocycles. The van der Waals surface area contributed by atoms with Crippen LogP contribution < -0.4 is 5.73 Å². The number of rotatable bonds is 8. The number of hydrogen-bond acceptors (Lipinski definition) is 2. The highest BCUT2D eigenvalue weighted by Gasteiger charge is 2.08. The molecule has 2 nitrogen and oxygen atoms in total. The van der Waals surface area contributed by atoms with Crippen LogP contribution in [0.1, 0.15) is 38.2 Å². The summed E-state index contributed by atoms with van der Waals surface area (Å²) in [6.07, 6.45) is 2.15. The molecule has 0 aliphatic heterocycles. The summed E-state index contributed by atoms with van der Waals surface area (Å²) in [5, 5.41) is 0. The predicted molar refractivity (Wildman–Crippen MR) is 73.1 cm³/mol. The molecule has 0 aromatic heterocycles. The Hall–Kier alpha value is -0.860. The molecule has 1 unspecified atom stereocenters. The van der Waals surface area contributed by atoms with Crippen LogP contribution >= 0.6 is 0 Å². The smallest absolute Gasteiger partial charge is 0.0472 e. The number of benzene rings is 1. The lowest BCUT2D eigenvalue weighted by atomic mass is 9.96. The van der Waals surface area contributed by atoms with E-state index in [2.05, 4.69) is 38.1 Å². The Balaban J connectivity index is 2.24. The van der Waals surface area contributed by atoms with Gasteiger partial charge in [0.1, 0.15) is 0 Å². The molecule has 96 valence electrons. The third-order valence-electron chi connectivity index (χ3n) is 3.01. The van der Waals surface area contributed by atoms with Gasteiger partial charge in [-0.15, -0.1) is 0 Å². The first-order chi connectivity index (χ1) is 8.24. The molecular weight excluding hydrogens is 210 g/mol. The van der Waals surface area contributed by atoms with Crippen molar-refractivity contribution in [3.05, 3.63) is 35.9 Å². The molecule has 0 heterocycles. The lowest BCUT2D eigenvalue weighted by Crippen LogP contribution is -2.15. The predicted octanol–water partition coefficient (Wildman–Crippen LogP) is 3.18. The Morgan fingerprint density at radius 2 is 1.71 bits per heavy atom. The van der Waals surface area contributed by atoms with Crippen LogP contribution in [0.3, 0.4) is 0 Å². The van der Waals surface area contributed by atoms with Crippen LogP contribution in [0.25, 0.3) is 0 Å². The van der Waals surface area contributed by atoms with Gasteiger partial charge in [0.25, 0.3) is 0 Å². The van der Waals surface area contributed by atoms with E-state index in [1.54, 1.807) is 0 Å². The van der Waals surface area contributed by atoms with Crippen molar-refractivity contribution in [3.8, 4) is 0 Å².